The minimum atomic E-state index is -1.98. The van der Waals surface area contributed by atoms with E-state index in [-0.39, 0.29) is 0 Å². The molecule has 0 spiro atoms. The van der Waals surface area contributed by atoms with Gasteiger partial charge in [-0.15, -0.1) is 0 Å². The van der Waals surface area contributed by atoms with Gasteiger partial charge in [-0.05, 0) is 19.1 Å². The first kappa shape index (κ1) is 11.9. The number of halogens is 2. The van der Waals surface area contributed by atoms with Crippen molar-refractivity contribution >= 4 is 17.5 Å². The van der Waals surface area contributed by atoms with Gasteiger partial charge in [0.2, 0.25) is 0 Å². The third-order valence-electron chi connectivity index (χ3n) is 1.82. The number of hydrogen-bond donors (Lipinski definition) is 1. The molecular weight excluding hydrogens is 219 g/mol. The third-order valence-corrected chi connectivity index (χ3v) is 2.02. The molecule has 5 heteroatoms. The van der Waals surface area contributed by atoms with E-state index >= 15 is 0 Å². The normalized spacial score (nSPS) is 12.2. The molecule has 1 amide bonds. The highest BCUT2D eigenvalue weighted by Gasteiger charge is 2.11. The second kappa shape index (κ2) is 5.66. The monoisotopic (exact) mass is 230 g/mol. The van der Waals surface area contributed by atoms with Crippen molar-refractivity contribution in [2.75, 3.05) is 6.54 Å². The summed E-state index contributed by atoms with van der Waals surface area (Å²) >= 11 is 4.94. The van der Waals surface area contributed by atoms with Gasteiger partial charge in [-0.3, -0.25) is 9.78 Å². The highest BCUT2D eigenvalue weighted by Crippen LogP contribution is 1.99. The van der Waals surface area contributed by atoms with Crippen LogP contribution in [0.15, 0.2) is 18.2 Å². The van der Waals surface area contributed by atoms with Crippen molar-refractivity contribution in [3.8, 4) is 0 Å². The Labute approximate surface area is 92.7 Å². The molecule has 1 aromatic rings. The SMILES string of the molecule is Cc1cccc(CCNC(=O)C(F)Cl)n1. The Bertz CT molecular complexity index is 344. The maximum atomic E-state index is 12.2. The predicted octanol–water partition coefficient (Wildman–Crippen LogP) is 1.58. The lowest BCUT2D eigenvalue weighted by Crippen LogP contribution is -2.30. The van der Waals surface area contributed by atoms with Crippen molar-refractivity contribution in [3.05, 3.63) is 29.6 Å². The fourth-order valence-corrected chi connectivity index (χ4v) is 1.21. The molecule has 0 saturated heterocycles. The summed E-state index contributed by atoms with van der Waals surface area (Å²) in [7, 11) is 0. The van der Waals surface area contributed by atoms with Crippen LogP contribution in [0.3, 0.4) is 0 Å². The average Bonchev–Trinajstić information content (AvgIpc) is 2.17. The summed E-state index contributed by atoms with van der Waals surface area (Å²) in [5.41, 5.74) is -0.199. The molecule has 1 atom stereocenters. The van der Waals surface area contributed by atoms with E-state index in [4.69, 9.17) is 11.6 Å². The Balaban J connectivity index is 2.35. The van der Waals surface area contributed by atoms with Gasteiger partial charge >= 0.3 is 0 Å². The minimum absolute atomic E-state index is 0.336. The largest absolute Gasteiger partial charge is 0.352 e. The zero-order valence-electron chi connectivity index (χ0n) is 8.34. The Morgan fingerprint density at radius 2 is 2.40 bits per heavy atom. The molecule has 1 heterocycles. The van der Waals surface area contributed by atoms with Gasteiger partial charge in [0.25, 0.3) is 11.5 Å². The van der Waals surface area contributed by atoms with Crippen LogP contribution in [-0.4, -0.2) is 23.1 Å². The standard InChI is InChI=1S/C10H12ClFN2O/c1-7-3-2-4-8(14-7)5-6-13-10(15)9(11)12/h2-4,9H,5-6H2,1H3,(H,13,15). The van der Waals surface area contributed by atoms with Crippen molar-refractivity contribution in [2.24, 2.45) is 0 Å². The van der Waals surface area contributed by atoms with Crippen LogP contribution in [0.4, 0.5) is 4.39 Å². The van der Waals surface area contributed by atoms with Crippen molar-refractivity contribution < 1.29 is 9.18 Å². The zero-order valence-corrected chi connectivity index (χ0v) is 9.09. The third kappa shape index (κ3) is 4.25. The van der Waals surface area contributed by atoms with Crippen molar-refractivity contribution in [3.63, 3.8) is 0 Å². The number of amides is 1. The quantitative estimate of drug-likeness (QED) is 0.798. The summed E-state index contributed by atoms with van der Waals surface area (Å²) < 4.78 is 12.2. The predicted molar refractivity (Wildman–Crippen MR) is 56.4 cm³/mol. The summed E-state index contributed by atoms with van der Waals surface area (Å²) in [5, 5.41) is 2.36. The number of alkyl halides is 2. The van der Waals surface area contributed by atoms with Crippen LogP contribution < -0.4 is 5.32 Å². The maximum absolute atomic E-state index is 12.2. The van der Waals surface area contributed by atoms with Crippen molar-refractivity contribution in [1.82, 2.24) is 10.3 Å². The van der Waals surface area contributed by atoms with Crippen molar-refractivity contribution in [1.29, 1.82) is 0 Å². The second-order valence-electron chi connectivity index (χ2n) is 3.11. The topological polar surface area (TPSA) is 42.0 Å². The molecule has 1 rings (SSSR count). The number of pyridine rings is 1. The van der Waals surface area contributed by atoms with Gasteiger partial charge in [0.1, 0.15) is 0 Å². The van der Waals surface area contributed by atoms with Crippen LogP contribution in [0.2, 0.25) is 0 Å². The molecule has 0 aliphatic heterocycles. The molecule has 0 fully saturated rings. The molecule has 1 aromatic heterocycles. The summed E-state index contributed by atoms with van der Waals surface area (Å²) in [5.74, 6) is -0.802. The maximum Gasteiger partial charge on any atom is 0.270 e. The molecule has 1 N–H and O–H groups in total. The van der Waals surface area contributed by atoms with Gasteiger partial charge in [-0.1, -0.05) is 17.7 Å². The summed E-state index contributed by atoms with van der Waals surface area (Å²) in [4.78, 5) is 15.0. The first-order valence-corrected chi connectivity index (χ1v) is 5.01. The summed E-state index contributed by atoms with van der Waals surface area (Å²) in [6.07, 6.45) is 0.566. The van der Waals surface area contributed by atoms with Crippen LogP contribution in [-0.2, 0) is 11.2 Å². The summed E-state index contributed by atoms with van der Waals surface area (Å²) in [6.45, 7) is 2.22. The van der Waals surface area contributed by atoms with Crippen molar-refractivity contribution in [2.45, 2.75) is 19.0 Å². The van der Waals surface area contributed by atoms with E-state index in [1.54, 1.807) is 0 Å². The van der Waals surface area contributed by atoms with Gasteiger partial charge < -0.3 is 5.32 Å². The van der Waals surface area contributed by atoms with Gasteiger partial charge in [0.05, 0.1) is 0 Å². The number of carbonyl (C=O) groups is 1. The van der Waals surface area contributed by atoms with Gasteiger partial charge in [-0.25, -0.2) is 4.39 Å². The van der Waals surface area contributed by atoms with Gasteiger partial charge in [0.15, 0.2) is 0 Å². The van der Waals surface area contributed by atoms with Gasteiger partial charge in [0, 0.05) is 24.4 Å². The highest BCUT2D eigenvalue weighted by molar-refractivity contribution is 6.29. The molecule has 0 bridgehead atoms. The van der Waals surface area contributed by atoms with Crippen LogP contribution in [0.5, 0.6) is 0 Å². The van der Waals surface area contributed by atoms with Crippen LogP contribution in [0.25, 0.3) is 0 Å². The van der Waals surface area contributed by atoms with Crippen LogP contribution in [0.1, 0.15) is 11.4 Å². The molecule has 3 nitrogen and oxygen atoms in total. The zero-order chi connectivity index (χ0) is 11.3. The Morgan fingerprint density at radius 1 is 1.67 bits per heavy atom. The minimum Gasteiger partial charge on any atom is -0.352 e. The number of carbonyl (C=O) groups excluding carboxylic acids is 1. The average molecular weight is 231 g/mol. The van der Waals surface area contributed by atoms with Gasteiger partial charge in [-0.2, -0.15) is 0 Å². The van der Waals surface area contributed by atoms with E-state index in [2.05, 4.69) is 10.3 Å². The van der Waals surface area contributed by atoms with E-state index in [0.717, 1.165) is 11.4 Å². The Kier molecular flexibility index (Phi) is 4.49. The second-order valence-corrected chi connectivity index (χ2v) is 3.50. The molecule has 15 heavy (non-hydrogen) atoms. The number of aryl methyl sites for hydroxylation is 1. The highest BCUT2D eigenvalue weighted by atomic mass is 35.5. The molecule has 0 aliphatic carbocycles. The van der Waals surface area contributed by atoms with E-state index in [9.17, 15) is 9.18 Å². The fraction of sp³-hybridized carbons (Fsp3) is 0.400. The lowest BCUT2D eigenvalue weighted by molar-refractivity contribution is -0.123. The number of hydrogen-bond acceptors (Lipinski definition) is 2. The smallest absolute Gasteiger partial charge is 0.270 e. The van der Waals surface area contributed by atoms with Crippen LogP contribution >= 0.6 is 11.6 Å². The van der Waals surface area contributed by atoms with E-state index in [1.165, 1.54) is 0 Å². The lowest BCUT2D eigenvalue weighted by Gasteiger charge is -2.04. The number of aromatic nitrogens is 1. The fourth-order valence-electron chi connectivity index (χ4n) is 1.13. The molecule has 0 saturated carbocycles. The Hall–Kier alpha value is -1.16. The molecule has 0 aromatic carbocycles. The number of nitrogens with one attached hydrogen (secondary N) is 1. The summed E-state index contributed by atoms with van der Waals surface area (Å²) in [6, 6.07) is 5.63. The first-order valence-electron chi connectivity index (χ1n) is 4.58. The number of nitrogens with zero attached hydrogens (tertiary/aromatic N) is 1. The molecule has 82 valence electrons. The van der Waals surface area contributed by atoms with Crippen LogP contribution in [0, 0.1) is 6.92 Å². The van der Waals surface area contributed by atoms with E-state index in [1.807, 2.05) is 25.1 Å². The number of rotatable bonds is 4. The first-order chi connectivity index (χ1) is 7.09. The molecule has 1 unspecified atom stereocenters. The molecular formula is C10H12ClFN2O. The molecule has 0 aliphatic rings. The van der Waals surface area contributed by atoms with E-state index in [0.29, 0.717) is 13.0 Å². The lowest BCUT2D eigenvalue weighted by atomic mass is 10.2. The Morgan fingerprint density at radius 3 is 3.00 bits per heavy atom. The van der Waals surface area contributed by atoms with E-state index < -0.39 is 11.5 Å². The molecule has 0 radical (unpaired) electrons.